The molecule has 26 heavy (non-hydrogen) atoms. The van der Waals surface area contributed by atoms with Crippen LogP contribution in [0.25, 0.3) is 0 Å². The van der Waals surface area contributed by atoms with Gasteiger partial charge in [0, 0.05) is 6.54 Å². The number of alkyl halides is 3. The van der Waals surface area contributed by atoms with E-state index < -0.39 is 12.3 Å². The molecule has 3 aromatic rings. The summed E-state index contributed by atoms with van der Waals surface area (Å²) in [4.78, 5) is 8.10. The van der Waals surface area contributed by atoms with E-state index in [1.54, 1.807) is 18.2 Å². The lowest BCUT2D eigenvalue weighted by Gasteiger charge is -2.21. The maximum atomic E-state index is 13.4. The van der Waals surface area contributed by atoms with Crippen molar-refractivity contribution in [3.8, 4) is 0 Å². The monoisotopic (exact) mass is 366 g/mol. The molecule has 0 saturated carbocycles. The van der Waals surface area contributed by atoms with Crippen molar-refractivity contribution in [3.63, 3.8) is 0 Å². The van der Waals surface area contributed by atoms with Gasteiger partial charge in [-0.2, -0.15) is 23.4 Å². The number of aryl methyl sites for hydroxylation is 1. The summed E-state index contributed by atoms with van der Waals surface area (Å²) in [5.74, 6) is 0.756. The lowest BCUT2D eigenvalue weighted by molar-refractivity contribution is -0.228. The molecule has 0 aliphatic rings. The minimum absolute atomic E-state index is 0.0467. The van der Waals surface area contributed by atoms with E-state index >= 15 is 0 Å². The van der Waals surface area contributed by atoms with Gasteiger partial charge in [-0.3, -0.25) is 0 Å². The van der Waals surface area contributed by atoms with Crippen molar-refractivity contribution < 1.29 is 17.9 Å². The van der Waals surface area contributed by atoms with E-state index in [1.165, 1.54) is 34.2 Å². The Labute approximate surface area is 147 Å². The maximum Gasteiger partial charge on any atom is 0.418 e. The van der Waals surface area contributed by atoms with Crippen LogP contribution in [-0.4, -0.2) is 35.7 Å². The Kier molecular flexibility index (Phi) is 5.31. The summed E-state index contributed by atoms with van der Waals surface area (Å²) in [6, 6.07) is 7.52. The number of benzene rings is 1. The highest BCUT2D eigenvalue weighted by Gasteiger charge is 2.42. The summed E-state index contributed by atoms with van der Waals surface area (Å²) in [6.45, 7) is 2.26. The zero-order chi connectivity index (χ0) is 18.6. The molecule has 0 radical (unpaired) electrons. The molecule has 7 nitrogen and oxygen atoms in total. The maximum absolute atomic E-state index is 13.4. The second-order valence-electron chi connectivity index (χ2n) is 5.50. The number of rotatable bonds is 7. The summed E-state index contributed by atoms with van der Waals surface area (Å²) in [5.41, 5.74) is 0.0467. The largest absolute Gasteiger partial charge is 0.418 e. The molecule has 0 aliphatic carbocycles. The van der Waals surface area contributed by atoms with Gasteiger partial charge in [0.15, 0.2) is 17.8 Å². The van der Waals surface area contributed by atoms with Crippen LogP contribution in [0.15, 0.2) is 43.0 Å². The second-order valence-corrected chi connectivity index (χ2v) is 5.50. The summed E-state index contributed by atoms with van der Waals surface area (Å²) < 4.78 is 48.3. The third-order valence-corrected chi connectivity index (χ3v) is 3.64. The van der Waals surface area contributed by atoms with E-state index in [4.69, 9.17) is 4.74 Å². The van der Waals surface area contributed by atoms with Crippen molar-refractivity contribution in [1.29, 1.82) is 0 Å². The molecule has 0 aliphatic heterocycles. The third-order valence-electron chi connectivity index (χ3n) is 3.64. The molecule has 0 fully saturated rings. The highest BCUT2D eigenvalue weighted by Crippen LogP contribution is 2.36. The Morgan fingerprint density at radius 2 is 1.96 bits per heavy atom. The van der Waals surface area contributed by atoms with Gasteiger partial charge < -0.3 is 4.74 Å². The average Bonchev–Trinajstić information content (AvgIpc) is 3.25. The van der Waals surface area contributed by atoms with Crippen LogP contribution in [0.2, 0.25) is 0 Å². The standard InChI is InChI=1S/C16H17F3N6O/c1-2-25-14(22-13(23-25)8-24-11-20-10-21-24)9-26-15(16(17,18)19)12-6-4-3-5-7-12/h3-7,10-11,15H,2,8-9H2,1H3. The van der Waals surface area contributed by atoms with Crippen molar-refractivity contribution in [2.24, 2.45) is 0 Å². The molecule has 0 bridgehead atoms. The first kappa shape index (κ1) is 18.1. The van der Waals surface area contributed by atoms with Crippen LogP contribution in [0.1, 0.15) is 30.2 Å². The van der Waals surface area contributed by atoms with E-state index in [1.807, 2.05) is 6.92 Å². The predicted octanol–water partition coefficient (Wildman–Crippen LogP) is 2.76. The molecule has 2 heterocycles. The zero-order valence-electron chi connectivity index (χ0n) is 14.0. The first-order valence-corrected chi connectivity index (χ1v) is 7.95. The zero-order valence-corrected chi connectivity index (χ0v) is 14.0. The Morgan fingerprint density at radius 1 is 1.19 bits per heavy atom. The van der Waals surface area contributed by atoms with Crippen LogP contribution in [0.5, 0.6) is 0 Å². The fourth-order valence-corrected chi connectivity index (χ4v) is 2.48. The van der Waals surface area contributed by atoms with Crippen LogP contribution >= 0.6 is 0 Å². The molecular weight excluding hydrogens is 349 g/mol. The quantitative estimate of drug-likeness (QED) is 0.643. The number of ether oxygens (including phenoxy) is 1. The second kappa shape index (κ2) is 7.65. The summed E-state index contributed by atoms with van der Waals surface area (Å²) >= 11 is 0. The molecule has 1 aromatic carbocycles. The number of nitrogens with zero attached hydrogens (tertiary/aromatic N) is 6. The normalized spacial score (nSPS) is 13.1. The SMILES string of the molecule is CCn1nc(Cn2cncn2)nc1COC(c1ccccc1)C(F)(F)F. The minimum atomic E-state index is -4.53. The Morgan fingerprint density at radius 3 is 2.58 bits per heavy atom. The van der Waals surface area contributed by atoms with Crippen molar-refractivity contribution in [2.75, 3.05) is 0 Å². The van der Waals surface area contributed by atoms with Crippen LogP contribution in [0.3, 0.4) is 0 Å². The van der Waals surface area contributed by atoms with Gasteiger partial charge in [0.05, 0.1) is 0 Å². The minimum Gasteiger partial charge on any atom is -0.356 e. The van der Waals surface area contributed by atoms with E-state index in [9.17, 15) is 13.2 Å². The molecule has 1 atom stereocenters. The van der Waals surface area contributed by atoms with Crippen molar-refractivity contribution >= 4 is 0 Å². The van der Waals surface area contributed by atoms with Gasteiger partial charge in [-0.15, -0.1) is 0 Å². The molecule has 138 valence electrons. The molecule has 1 unspecified atom stereocenters. The summed E-state index contributed by atoms with van der Waals surface area (Å²) in [5, 5.41) is 8.23. The third kappa shape index (κ3) is 4.26. The first-order chi connectivity index (χ1) is 12.5. The van der Waals surface area contributed by atoms with E-state index in [0.29, 0.717) is 18.2 Å². The molecule has 0 N–H and O–H groups in total. The van der Waals surface area contributed by atoms with E-state index in [0.717, 1.165) is 0 Å². The van der Waals surface area contributed by atoms with Crippen molar-refractivity contribution in [1.82, 2.24) is 29.5 Å². The van der Waals surface area contributed by atoms with E-state index in [-0.39, 0.29) is 18.7 Å². The highest BCUT2D eigenvalue weighted by atomic mass is 19.4. The number of aromatic nitrogens is 6. The summed E-state index contributed by atoms with van der Waals surface area (Å²) in [6.07, 6.45) is -3.65. The predicted molar refractivity (Wildman–Crippen MR) is 84.8 cm³/mol. The fraction of sp³-hybridized carbons (Fsp3) is 0.375. The fourth-order valence-electron chi connectivity index (χ4n) is 2.48. The van der Waals surface area contributed by atoms with Crippen LogP contribution in [0, 0.1) is 0 Å². The smallest absolute Gasteiger partial charge is 0.356 e. The van der Waals surface area contributed by atoms with Gasteiger partial charge in [-0.1, -0.05) is 30.3 Å². The molecule has 0 saturated heterocycles. The lowest BCUT2D eigenvalue weighted by Crippen LogP contribution is -2.24. The number of hydrogen-bond acceptors (Lipinski definition) is 5. The Hall–Kier alpha value is -2.75. The van der Waals surface area contributed by atoms with Crippen LogP contribution in [-0.2, 0) is 24.4 Å². The highest BCUT2D eigenvalue weighted by molar-refractivity contribution is 5.19. The molecule has 3 rings (SSSR count). The summed E-state index contributed by atoms with van der Waals surface area (Å²) in [7, 11) is 0. The van der Waals surface area contributed by atoms with Gasteiger partial charge >= 0.3 is 6.18 Å². The van der Waals surface area contributed by atoms with Gasteiger partial charge in [0.25, 0.3) is 0 Å². The van der Waals surface area contributed by atoms with Crippen LogP contribution < -0.4 is 0 Å². The number of hydrogen-bond donors (Lipinski definition) is 0. The van der Waals surface area contributed by atoms with Gasteiger partial charge in [0.1, 0.15) is 25.8 Å². The molecular formula is C16H17F3N6O. The molecule has 10 heteroatoms. The Balaban J connectivity index is 1.75. The van der Waals surface area contributed by atoms with Gasteiger partial charge in [-0.25, -0.2) is 19.3 Å². The molecule has 0 spiro atoms. The first-order valence-electron chi connectivity index (χ1n) is 7.95. The topological polar surface area (TPSA) is 70.7 Å². The number of halogens is 3. The molecule has 2 aromatic heterocycles. The van der Waals surface area contributed by atoms with E-state index in [2.05, 4.69) is 20.2 Å². The lowest BCUT2D eigenvalue weighted by atomic mass is 10.1. The van der Waals surface area contributed by atoms with Crippen LogP contribution in [0.4, 0.5) is 13.2 Å². The van der Waals surface area contributed by atoms with Gasteiger partial charge in [0.2, 0.25) is 0 Å². The van der Waals surface area contributed by atoms with Gasteiger partial charge in [-0.05, 0) is 12.5 Å². The average molecular weight is 366 g/mol. The molecule has 0 amide bonds. The van der Waals surface area contributed by atoms with Crippen molar-refractivity contribution in [3.05, 3.63) is 60.2 Å². The Bertz CT molecular complexity index is 816. The van der Waals surface area contributed by atoms with Crippen molar-refractivity contribution in [2.45, 2.75) is 38.9 Å².